The number of fused-ring (bicyclic) bond motifs is 2. The molecule has 0 saturated carbocycles. The Morgan fingerprint density at radius 3 is 3.00 bits per heavy atom. The third kappa shape index (κ3) is 2.14. The summed E-state index contributed by atoms with van der Waals surface area (Å²) in [6.07, 6.45) is 4.85. The van der Waals surface area contributed by atoms with E-state index in [1.807, 2.05) is 6.07 Å². The van der Waals surface area contributed by atoms with Crippen molar-refractivity contribution in [3.05, 3.63) is 29.3 Å². The molecule has 0 spiro atoms. The van der Waals surface area contributed by atoms with E-state index in [2.05, 4.69) is 24.4 Å². The second kappa shape index (κ2) is 5.01. The summed E-state index contributed by atoms with van der Waals surface area (Å²) >= 11 is 1.73. The number of carbonyl (C=O) groups is 2. The van der Waals surface area contributed by atoms with Crippen molar-refractivity contribution < 1.29 is 9.59 Å². The maximum Gasteiger partial charge on any atom is 0.248 e. The summed E-state index contributed by atoms with van der Waals surface area (Å²) in [4.78, 5) is 26.4. The van der Waals surface area contributed by atoms with E-state index in [0.717, 1.165) is 24.9 Å². The summed E-state index contributed by atoms with van der Waals surface area (Å²) in [5.41, 5.74) is 3.60. The van der Waals surface area contributed by atoms with E-state index in [9.17, 15) is 9.59 Å². The summed E-state index contributed by atoms with van der Waals surface area (Å²) in [5.74, 6) is 0.755. The fourth-order valence-electron chi connectivity index (χ4n) is 3.89. The maximum atomic E-state index is 12.6. The minimum Gasteiger partial charge on any atom is -0.324 e. The Balaban J connectivity index is 1.52. The van der Waals surface area contributed by atoms with Crippen LogP contribution in [0.5, 0.6) is 0 Å². The molecule has 0 bridgehead atoms. The zero-order valence-electron chi connectivity index (χ0n) is 12.7. The third-order valence-electron chi connectivity index (χ3n) is 5.11. The normalized spacial score (nSPS) is 29.6. The molecule has 2 fully saturated rings. The van der Waals surface area contributed by atoms with E-state index in [1.165, 1.54) is 17.5 Å². The smallest absolute Gasteiger partial charge is 0.248 e. The molecule has 4 nitrogen and oxygen atoms in total. The molecule has 1 aromatic rings. The van der Waals surface area contributed by atoms with E-state index >= 15 is 0 Å². The lowest BCUT2D eigenvalue weighted by Gasteiger charge is -2.29. The van der Waals surface area contributed by atoms with Crippen LogP contribution in [0, 0.1) is 0 Å². The number of rotatable bonds is 2. The molecule has 1 aromatic carbocycles. The Bertz CT molecular complexity index is 660. The van der Waals surface area contributed by atoms with Gasteiger partial charge in [0, 0.05) is 17.9 Å². The largest absolute Gasteiger partial charge is 0.324 e. The third-order valence-corrected chi connectivity index (χ3v) is 6.62. The molecule has 2 atom stereocenters. The predicted molar refractivity (Wildman–Crippen MR) is 87.8 cm³/mol. The molecule has 2 amide bonds. The maximum absolute atomic E-state index is 12.6. The van der Waals surface area contributed by atoms with E-state index in [-0.39, 0.29) is 22.7 Å². The lowest BCUT2D eigenvalue weighted by molar-refractivity contribution is -0.135. The highest BCUT2D eigenvalue weighted by molar-refractivity contribution is 8.01. The average Bonchev–Trinajstić information content (AvgIpc) is 3.15. The first-order valence-electron chi connectivity index (χ1n) is 7.96. The molecule has 0 radical (unpaired) electrons. The zero-order valence-corrected chi connectivity index (χ0v) is 13.5. The first-order chi connectivity index (χ1) is 10.6. The fraction of sp³-hybridized carbons (Fsp3) is 0.529. The number of thioether (sulfide) groups is 1. The van der Waals surface area contributed by atoms with Gasteiger partial charge in [0.25, 0.3) is 0 Å². The van der Waals surface area contributed by atoms with Gasteiger partial charge >= 0.3 is 0 Å². The van der Waals surface area contributed by atoms with Gasteiger partial charge in [0.2, 0.25) is 11.8 Å². The highest BCUT2D eigenvalue weighted by Crippen LogP contribution is 2.47. The first-order valence-corrected chi connectivity index (χ1v) is 8.94. The Morgan fingerprint density at radius 1 is 1.32 bits per heavy atom. The van der Waals surface area contributed by atoms with Crippen LogP contribution in [0.4, 0.5) is 5.69 Å². The van der Waals surface area contributed by atoms with Gasteiger partial charge in [-0.2, -0.15) is 0 Å². The molecule has 3 aliphatic rings. The predicted octanol–water partition coefficient (Wildman–Crippen LogP) is 2.57. The van der Waals surface area contributed by atoms with Crippen LogP contribution < -0.4 is 5.32 Å². The van der Waals surface area contributed by atoms with Gasteiger partial charge in [-0.1, -0.05) is 6.07 Å². The number of carbonyl (C=O) groups excluding carboxylic acids is 2. The van der Waals surface area contributed by atoms with Crippen LogP contribution in [0.25, 0.3) is 0 Å². The van der Waals surface area contributed by atoms with Crippen LogP contribution in [0.1, 0.15) is 37.3 Å². The van der Waals surface area contributed by atoms with Crippen molar-refractivity contribution in [2.24, 2.45) is 0 Å². The Morgan fingerprint density at radius 2 is 2.14 bits per heavy atom. The summed E-state index contributed by atoms with van der Waals surface area (Å²) in [7, 11) is 0. The number of nitrogens with one attached hydrogen (secondary N) is 1. The van der Waals surface area contributed by atoms with Crippen molar-refractivity contribution >= 4 is 29.3 Å². The van der Waals surface area contributed by atoms with Crippen molar-refractivity contribution in [2.75, 3.05) is 11.1 Å². The Labute approximate surface area is 134 Å². The molecule has 0 aromatic heterocycles. The van der Waals surface area contributed by atoms with Crippen LogP contribution in [0.2, 0.25) is 0 Å². The van der Waals surface area contributed by atoms with Crippen LogP contribution in [-0.4, -0.2) is 33.4 Å². The van der Waals surface area contributed by atoms with Crippen LogP contribution in [0.3, 0.4) is 0 Å². The first kappa shape index (κ1) is 14.1. The van der Waals surface area contributed by atoms with Crippen LogP contribution in [-0.2, 0) is 22.4 Å². The Kier molecular flexibility index (Phi) is 3.22. The molecule has 5 heteroatoms. The van der Waals surface area contributed by atoms with Gasteiger partial charge in [0.05, 0.1) is 4.87 Å². The van der Waals surface area contributed by atoms with Gasteiger partial charge < -0.3 is 10.2 Å². The number of amides is 2. The Hall–Kier alpha value is -1.49. The fourth-order valence-corrected chi connectivity index (χ4v) is 5.32. The van der Waals surface area contributed by atoms with Crippen molar-refractivity contribution in [1.82, 2.24) is 4.90 Å². The summed E-state index contributed by atoms with van der Waals surface area (Å²) in [6.45, 7) is 2.07. The van der Waals surface area contributed by atoms with Crippen molar-refractivity contribution in [1.29, 1.82) is 0 Å². The second-order valence-electron chi connectivity index (χ2n) is 6.59. The second-order valence-corrected chi connectivity index (χ2v) is 8.09. The molecule has 1 aliphatic carbocycles. The number of aryl methyl sites for hydroxylation is 2. The van der Waals surface area contributed by atoms with Gasteiger partial charge in [0.1, 0.15) is 6.04 Å². The lowest BCUT2D eigenvalue weighted by Crippen LogP contribution is -2.48. The molecule has 116 valence electrons. The summed E-state index contributed by atoms with van der Waals surface area (Å²) < 4.78 is 0. The number of anilines is 1. The van der Waals surface area contributed by atoms with Gasteiger partial charge in [-0.05, 0) is 55.9 Å². The van der Waals surface area contributed by atoms with Gasteiger partial charge in [-0.15, -0.1) is 11.8 Å². The van der Waals surface area contributed by atoms with Crippen LogP contribution in [0.15, 0.2) is 18.2 Å². The number of hydrogen-bond donors (Lipinski definition) is 1. The van der Waals surface area contributed by atoms with Gasteiger partial charge in [-0.3, -0.25) is 9.59 Å². The molecular formula is C17H20N2O2S. The van der Waals surface area contributed by atoms with Crippen LogP contribution >= 0.6 is 11.8 Å². The quantitative estimate of drug-likeness (QED) is 0.912. The standard InChI is InChI=1S/C17H20N2O2S/c1-17-8-7-15(20)19(17)14(10-22-17)16(21)18-13-6-5-11-3-2-4-12(11)9-13/h5-6,9,14H,2-4,7-8,10H2,1H3,(H,18,21)/t14-,17+/m1/s1. The van der Waals surface area contributed by atoms with E-state index < -0.39 is 0 Å². The van der Waals surface area contributed by atoms with Gasteiger partial charge in [-0.25, -0.2) is 0 Å². The molecule has 2 heterocycles. The topological polar surface area (TPSA) is 49.4 Å². The van der Waals surface area contributed by atoms with Crippen molar-refractivity contribution in [2.45, 2.75) is 49.9 Å². The highest BCUT2D eigenvalue weighted by atomic mass is 32.2. The lowest BCUT2D eigenvalue weighted by atomic mass is 10.1. The molecule has 22 heavy (non-hydrogen) atoms. The average molecular weight is 316 g/mol. The van der Waals surface area contributed by atoms with E-state index in [1.54, 1.807) is 16.7 Å². The van der Waals surface area contributed by atoms with Crippen molar-refractivity contribution in [3.63, 3.8) is 0 Å². The number of nitrogens with zero attached hydrogens (tertiary/aromatic N) is 1. The minimum absolute atomic E-state index is 0.0515. The SMILES string of the molecule is C[C@]12CCC(=O)N1[C@@H](C(=O)Nc1ccc3c(c1)CCC3)CS2. The molecule has 0 unspecified atom stereocenters. The monoisotopic (exact) mass is 316 g/mol. The molecule has 4 rings (SSSR count). The highest BCUT2D eigenvalue weighted by Gasteiger charge is 2.52. The van der Waals surface area contributed by atoms with E-state index in [0.29, 0.717) is 12.2 Å². The molecular weight excluding hydrogens is 296 g/mol. The summed E-state index contributed by atoms with van der Waals surface area (Å²) in [6, 6.07) is 5.85. The molecule has 1 N–H and O–H groups in total. The summed E-state index contributed by atoms with van der Waals surface area (Å²) in [5, 5.41) is 3.02. The molecule has 2 aliphatic heterocycles. The van der Waals surface area contributed by atoms with E-state index in [4.69, 9.17) is 0 Å². The zero-order chi connectivity index (χ0) is 15.3. The van der Waals surface area contributed by atoms with Crippen molar-refractivity contribution in [3.8, 4) is 0 Å². The minimum atomic E-state index is -0.335. The number of hydrogen-bond acceptors (Lipinski definition) is 3. The molecule has 2 saturated heterocycles. The van der Waals surface area contributed by atoms with Gasteiger partial charge in [0.15, 0.2) is 0 Å². The number of benzene rings is 1.